The quantitative estimate of drug-likeness (QED) is 0.519. The van der Waals surface area contributed by atoms with Crippen LogP contribution in [0, 0.1) is 4.77 Å². The van der Waals surface area contributed by atoms with Crippen molar-refractivity contribution < 1.29 is 0 Å². The topological polar surface area (TPSA) is 55.6 Å². The van der Waals surface area contributed by atoms with E-state index in [1.54, 1.807) is 41.1 Å². The van der Waals surface area contributed by atoms with Crippen LogP contribution in [-0.4, -0.2) is 19.3 Å². The average Bonchev–Trinajstić information content (AvgIpc) is 2.93. The number of pyridine rings is 1. The molecule has 0 fully saturated rings. The van der Waals surface area contributed by atoms with Gasteiger partial charge in [-0.25, -0.2) is 0 Å². The molecule has 0 spiro atoms. The first-order valence-electron chi connectivity index (χ1n) is 7.40. The molecule has 0 atom stereocenters. The lowest BCUT2D eigenvalue weighted by Gasteiger charge is -2.10. The molecule has 0 unspecified atom stereocenters. The second-order valence-corrected chi connectivity index (χ2v) is 6.60. The summed E-state index contributed by atoms with van der Waals surface area (Å²) in [6, 6.07) is 8.41. The summed E-state index contributed by atoms with van der Waals surface area (Å²) in [5, 5.41) is 8.08. The molecule has 2 aromatic heterocycles. The van der Waals surface area contributed by atoms with Crippen LogP contribution >= 0.6 is 35.4 Å². The van der Waals surface area contributed by atoms with Gasteiger partial charge in [-0.15, -0.1) is 6.58 Å². The number of halogens is 2. The minimum Gasteiger partial charge on any atom is -0.310 e. The number of nitrogens with zero attached hydrogens (tertiary/aromatic N) is 3. The van der Waals surface area contributed by atoms with Crippen molar-refractivity contribution in [3.05, 3.63) is 79.9 Å². The molecular formula is C17H14Cl2N4OS. The van der Waals surface area contributed by atoms with Crippen LogP contribution in [0.25, 0.3) is 11.4 Å². The predicted molar refractivity (Wildman–Crippen MR) is 103 cm³/mol. The van der Waals surface area contributed by atoms with Gasteiger partial charge >= 0.3 is 0 Å². The lowest BCUT2D eigenvalue weighted by atomic mass is 10.2. The second-order valence-electron chi connectivity index (χ2n) is 5.37. The minimum absolute atomic E-state index is 0.140. The van der Waals surface area contributed by atoms with E-state index in [4.69, 9.17) is 35.4 Å². The number of rotatable bonds is 5. The molecule has 0 aliphatic rings. The van der Waals surface area contributed by atoms with E-state index in [2.05, 4.69) is 16.8 Å². The average molecular weight is 393 g/mol. The minimum atomic E-state index is -0.140. The lowest BCUT2D eigenvalue weighted by Crippen LogP contribution is -2.19. The third kappa shape index (κ3) is 3.76. The third-order valence-electron chi connectivity index (χ3n) is 3.67. The predicted octanol–water partition coefficient (Wildman–Crippen LogP) is 4.31. The summed E-state index contributed by atoms with van der Waals surface area (Å²) < 4.78 is 3.87. The largest absolute Gasteiger partial charge is 0.310 e. The van der Waals surface area contributed by atoms with Crippen LogP contribution in [0.4, 0.5) is 0 Å². The highest BCUT2D eigenvalue weighted by Crippen LogP contribution is 2.22. The molecule has 0 saturated carbocycles. The molecule has 0 aliphatic heterocycles. The Morgan fingerprint density at radius 1 is 1.28 bits per heavy atom. The van der Waals surface area contributed by atoms with Crippen molar-refractivity contribution in [3.8, 4) is 11.4 Å². The van der Waals surface area contributed by atoms with E-state index in [1.165, 1.54) is 6.07 Å². The highest BCUT2D eigenvalue weighted by atomic mass is 35.5. The summed E-state index contributed by atoms with van der Waals surface area (Å²) in [6.07, 6.45) is 3.47. The van der Waals surface area contributed by atoms with Crippen LogP contribution < -0.4 is 5.56 Å². The number of benzene rings is 1. The van der Waals surface area contributed by atoms with Gasteiger partial charge in [-0.2, -0.15) is 5.10 Å². The van der Waals surface area contributed by atoms with Crippen molar-refractivity contribution in [2.45, 2.75) is 13.1 Å². The van der Waals surface area contributed by atoms with E-state index in [1.807, 2.05) is 4.57 Å². The van der Waals surface area contributed by atoms with E-state index in [-0.39, 0.29) is 5.56 Å². The number of aromatic nitrogens is 4. The summed E-state index contributed by atoms with van der Waals surface area (Å²) >= 11 is 17.4. The van der Waals surface area contributed by atoms with Crippen molar-refractivity contribution >= 4 is 35.4 Å². The van der Waals surface area contributed by atoms with Crippen molar-refractivity contribution in [2.24, 2.45) is 0 Å². The summed E-state index contributed by atoms with van der Waals surface area (Å²) in [7, 11) is 0. The van der Waals surface area contributed by atoms with Crippen LogP contribution in [0.1, 0.15) is 5.56 Å². The Hall–Kier alpha value is -2.15. The molecule has 2 heterocycles. The number of allylic oxidation sites excluding steroid dienone is 1. The Kier molecular flexibility index (Phi) is 5.22. The molecule has 25 heavy (non-hydrogen) atoms. The number of nitrogens with one attached hydrogen (secondary N) is 1. The van der Waals surface area contributed by atoms with Gasteiger partial charge in [0, 0.05) is 34.4 Å². The van der Waals surface area contributed by atoms with Gasteiger partial charge in [-0.1, -0.05) is 35.3 Å². The maximum atomic E-state index is 12.2. The Morgan fingerprint density at radius 2 is 2.08 bits per heavy atom. The molecule has 0 amide bonds. The van der Waals surface area contributed by atoms with Gasteiger partial charge < -0.3 is 4.57 Å². The summed E-state index contributed by atoms with van der Waals surface area (Å²) in [4.78, 5) is 12.2. The zero-order chi connectivity index (χ0) is 18.0. The molecule has 0 radical (unpaired) electrons. The summed E-state index contributed by atoms with van der Waals surface area (Å²) in [5.74, 6) is 0.640. The van der Waals surface area contributed by atoms with Crippen molar-refractivity contribution in [2.75, 3.05) is 0 Å². The molecule has 1 aromatic carbocycles. The Balaban J connectivity index is 2.03. The van der Waals surface area contributed by atoms with Crippen molar-refractivity contribution in [1.82, 2.24) is 19.3 Å². The molecule has 8 heteroatoms. The third-order valence-corrected chi connectivity index (χ3v) is 4.57. The van der Waals surface area contributed by atoms with Gasteiger partial charge in [0.25, 0.3) is 5.56 Å². The molecular weight excluding hydrogens is 379 g/mol. The number of H-pyrrole nitrogens is 1. The first-order valence-corrected chi connectivity index (χ1v) is 8.57. The van der Waals surface area contributed by atoms with Crippen molar-refractivity contribution in [3.63, 3.8) is 0 Å². The molecule has 128 valence electrons. The Labute approximate surface area is 159 Å². The fourth-order valence-corrected chi connectivity index (χ4v) is 3.13. The molecule has 0 saturated heterocycles. The van der Waals surface area contributed by atoms with Gasteiger partial charge in [-0.3, -0.25) is 14.5 Å². The standard InChI is InChI=1S/C17H14Cl2N4OS/c1-2-7-23-16(20-21-17(23)25)12-4-6-15(24)22(10-12)9-11-3-5-13(18)8-14(11)19/h2-6,8,10H,1,7,9H2,(H,21,25). The zero-order valence-corrected chi connectivity index (χ0v) is 15.4. The molecule has 5 nitrogen and oxygen atoms in total. The summed E-state index contributed by atoms with van der Waals surface area (Å²) in [6.45, 7) is 4.58. The van der Waals surface area contributed by atoms with E-state index in [9.17, 15) is 4.79 Å². The van der Waals surface area contributed by atoms with Crippen LogP contribution in [-0.2, 0) is 13.1 Å². The highest BCUT2D eigenvalue weighted by molar-refractivity contribution is 7.71. The first kappa shape index (κ1) is 17.7. The Morgan fingerprint density at radius 3 is 2.80 bits per heavy atom. The zero-order valence-electron chi connectivity index (χ0n) is 13.1. The summed E-state index contributed by atoms with van der Waals surface area (Å²) in [5.41, 5.74) is 1.42. The highest BCUT2D eigenvalue weighted by Gasteiger charge is 2.10. The molecule has 3 aromatic rings. The van der Waals surface area contributed by atoms with Gasteiger partial charge in [0.2, 0.25) is 0 Å². The maximum absolute atomic E-state index is 12.2. The molecule has 3 rings (SSSR count). The molecule has 1 N–H and O–H groups in total. The number of hydrogen-bond donors (Lipinski definition) is 1. The normalized spacial score (nSPS) is 10.8. The smallest absolute Gasteiger partial charge is 0.250 e. The fraction of sp³-hybridized carbons (Fsp3) is 0.118. The monoisotopic (exact) mass is 392 g/mol. The second kappa shape index (κ2) is 7.39. The van der Waals surface area contributed by atoms with E-state index >= 15 is 0 Å². The molecule has 0 aliphatic carbocycles. The number of aromatic amines is 1. The molecule has 0 bridgehead atoms. The van der Waals surface area contributed by atoms with Crippen LogP contribution in [0.5, 0.6) is 0 Å². The fourth-order valence-electron chi connectivity index (χ4n) is 2.46. The first-order chi connectivity index (χ1) is 12.0. The van der Waals surface area contributed by atoms with Crippen molar-refractivity contribution in [1.29, 1.82) is 0 Å². The lowest BCUT2D eigenvalue weighted by molar-refractivity contribution is 0.756. The Bertz CT molecular complexity index is 1050. The van der Waals surface area contributed by atoms with Gasteiger partial charge in [0.15, 0.2) is 10.6 Å². The maximum Gasteiger partial charge on any atom is 0.250 e. The van der Waals surface area contributed by atoms with E-state index < -0.39 is 0 Å². The van der Waals surface area contributed by atoms with Gasteiger partial charge in [0.05, 0.1) is 6.54 Å². The van der Waals surface area contributed by atoms with Crippen LogP contribution in [0.15, 0.2) is 54.0 Å². The van der Waals surface area contributed by atoms with E-state index in [0.717, 1.165) is 11.1 Å². The van der Waals surface area contributed by atoms with Crippen LogP contribution in [0.3, 0.4) is 0 Å². The van der Waals surface area contributed by atoms with Crippen LogP contribution in [0.2, 0.25) is 10.0 Å². The van der Waals surface area contributed by atoms with E-state index in [0.29, 0.717) is 33.7 Å². The SMILES string of the molecule is C=CCn1c(-c2ccc(=O)n(Cc3ccc(Cl)cc3Cl)c2)n[nH]c1=S. The van der Waals surface area contributed by atoms with Gasteiger partial charge in [-0.05, 0) is 36.0 Å². The van der Waals surface area contributed by atoms with Gasteiger partial charge in [0.1, 0.15) is 0 Å². The number of hydrogen-bond acceptors (Lipinski definition) is 3.